The molecular formula is C24H23F2N3O3. The van der Waals surface area contributed by atoms with Gasteiger partial charge in [-0.3, -0.25) is 9.59 Å². The van der Waals surface area contributed by atoms with Gasteiger partial charge in [0.1, 0.15) is 24.4 Å². The molecule has 0 aromatic heterocycles. The molecule has 0 saturated carbocycles. The van der Waals surface area contributed by atoms with Crippen molar-refractivity contribution in [3.8, 4) is 11.8 Å². The molecule has 0 radical (unpaired) electrons. The number of carbonyl (C=O) groups excluding carboxylic acids is 2. The van der Waals surface area contributed by atoms with Gasteiger partial charge in [-0.2, -0.15) is 5.26 Å². The van der Waals surface area contributed by atoms with E-state index in [0.29, 0.717) is 31.7 Å². The van der Waals surface area contributed by atoms with E-state index in [4.69, 9.17) is 4.74 Å². The van der Waals surface area contributed by atoms with Gasteiger partial charge in [-0.1, -0.05) is 30.3 Å². The molecule has 0 bridgehead atoms. The van der Waals surface area contributed by atoms with Gasteiger partial charge in [-0.15, -0.1) is 0 Å². The highest BCUT2D eigenvalue weighted by Crippen LogP contribution is 2.35. The Morgan fingerprint density at radius 1 is 1.09 bits per heavy atom. The fourth-order valence-corrected chi connectivity index (χ4v) is 4.21. The van der Waals surface area contributed by atoms with Crippen LogP contribution in [0.25, 0.3) is 0 Å². The molecule has 2 aromatic rings. The van der Waals surface area contributed by atoms with E-state index in [9.17, 15) is 23.6 Å². The maximum atomic E-state index is 14.2. The van der Waals surface area contributed by atoms with Gasteiger partial charge in [0.05, 0.1) is 12.6 Å². The molecule has 2 saturated heterocycles. The van der Waals surface area contributed by atoms with E-state index in [1.807, 2.05) is 36.4 Å². The summed E-state index contributed by atoms with van der Waals surface area (Å²) in [4.78, 5) is 28.2. The Morgan fingerprint density at radius 3 is 2.50 bits per heavy atom. The summed E-state index contributed by atoms with van der Waals surface area (Å²) in [7, 11) is 0. The second-order valence-corrected chi connectivity index (χ2v) is 8.13. The molecule has 0 aliphatic carbocycles. The lowest BCUT2D eigenvalue weighted by Gasteiger charge is -2.28. The molecule has 2 fully saturated rings. The zero-order valence-electron chi connectivity index (χ0n) is 17.4. The number of nitriles is 1. The van der Waals surface area contributed by atoms with Crippen LogP contribution in [0.4, 0.5) is 8.78 Å². The molecule has 2 amide bonds. The van der Waals surface area contributed by atoms with Crippen molar-refractivity contribution in [2.24, 2.45) is 0 Å². The number of nitrogens with zero attached hydrogens (tertiary/aromatic N) is 3. The van der Waals surface area contributed by atoms with Crippen LogP contribution >= 0.6 is 0 Å². The van der Waals surface area contributed by atoms with Gasteiger partial charge < -0.3 is 14.5 Å². The average Bonchev–Trinajstić information content (AvgIpc) is 3.41. The van der Waals surface area contributed by atoms with Crippen LogP contribution in [0, 0.1) is 11.3 Å². The normalized spacial score (nSPS) is 21.9. The lowest BCUT2D eigenvalue weighted by Crippen LogP contribution is -2.49. The van der Waals surface area contributed by atoms with E-state index in [1.165, 1.54) is 17.0 Å². The van der Waals surface area contributed by atoms with Crippen molar-refractivity contribution in [1.82, 2.24) is 9.80 Å². The van der Waals surface area contributed by atoms with Gasteiger partial charge in [-0.05, 0) is 42.7 Å². The number of halogens is 2. The minimum atomic E-state index is -3.16. The summed E-state index contributed by atoms with van der Waals surface area (Å²) >= 11 is 0. The summed E-state index contributed by atoms with van der Waals surface area (Å²) in [5, 5.41) is 9.24. The highest BCUT2D eigenvalue weighted by atomic mass is 19.3. The first kappa shape index (κ1) is 21.8. The number of rotatable bonds is 5. The fraction of sp³-hybridized carbons (Fsp3) is 0.375. The molecule has 2 atom stereocenters. The van der Waals surface area contributed by atoms with E-state index >= 15 is 0 Å². The molecule has 32 heavy (non-hydrogen) atoms. The molecule has 2 aliphatic heterocycles. The molecule has 166 valence electrons. The van der Waals surface area contributed by atoms with Crippen LogP contribution in [0.1, 0.15) is 35.2 Å². The standard InChI is InChI=1S/C24H23F2N3O3/c25-24(26)13-21(23(31)28-12-4-7-19(28)14-27)29(16-24)22(30)18-8-10-20(11-9-18)32-15-17-5-2-1-3-6-17/h1-3,5-6,8-11,19,21H,4,7,12-13,15-16H2. The Labute approximate surface area is 185 Å². The van der Waals surface area contributed by atoms with Crippen LogP contribution in [0.3, 0.4) is 0 Å². The number of hydrogen-bond acceptors (Lipinski definition) is 4. The number of alkyl halides is 2. The van der Waals surface area contributed by atoms with Gasteiger partial charge in [0, 0.05) is 18.5 Å². The lowest BCUT2D eigenvalue weighted by atomic mass is 10.1. The van der Waals surface area contributed by atoms with Crippen LogP contribution in [0.5, 0.6) is 5.75 Å². The van der Waals surface area contributed by atoms with Crippen molar-refractivity contribution in [2.75, 3.05) is 13.1 Å². The number of hydrogen-bond donors (Lipinski definition) is 0. The predicted octanol–water partition coefficient (Wildman–Crippen LogP) is 3.63. The average molecular weight is 439 g/mol. The third-order valence-electron chi connectivity index (χ3n) is 5.85. The Morgan fingerprint density at radius 2 is 1.81 bits per heavy atom. The van der Waals surface area contributed by atoms with Crippen molar-refractivity contribution in [3.05, 3.63) is 65.7 Å². The van der Waals surface area contributed by atoms with Crippen LogP contribution in [-0.4, -0.2) is 52.7 Å². The van der Waals surface area contributed by atoms with Crippen molar-refractivity contribution in [2.45, 2.75) is 43.9 Å². The first-order valence-electron chi connectivity index (χ1n) is 10.5. The maximum absolute atomic E-state index is 14.2. The minimum Gasteiger partial charge on any atom is -0.489 e. The monoisotopic (exact) mass is 439 g/mol. The summed E-state index contributed by atoms with van der Waals surface area (Å²) in [6, 6.07) is 16.0. The van der Waals surface area contributed by atoms with Crippen molar-refractivity contribution < 1.29 is 23.1 Å². The molecule has 2 unspecified atom stereocenters. The number of likely N-dealkylation sites (tertiary alicyclic amines) is 2. The van der Waals surface area contributed by atoms with Crippen molar-refractivity contribution in [1.29, 1.82) is 5.26 Å². The summed E-state index contributed by atoms with van der Waals surface area (Å²) < 4.78 is 34.1. The Bertz CT molecular complexity index is 1020. The van der Waals surface area contributed by atoms with Gasteiger partial charge in [0.15, 0.2) is 0 Å². The second-order valence-electron chi connectivity index (χ2n) is 8.13. The number of amides is 2. The molecule has 2 aromatic carbocycles. The fourth-order valence-electron chi connectivity index (χ4n) is 4.21. The largest absolute Gasteiger partial charge is 0.489 e. The minimum absolute atomic E-state index is 0.200. The summed E-state index contributed by atoms with van der Waals surface area (Å²) in [6.45, 7) is -0.118. The zero-order chi connectivity index (χ0) is 22.7. The Kier molecular flexibility index (Phi) is 6.08. The SMILES string of the molecule is N#CC1CCCN1C(=O)C1CC(F)(F)CN1C(=O)c1ccc(OCc2ccccc2)cc1. The summed E-state index contributed by atoms with van der Waals surface area (Å²) in [6.07, 6.45) is 0.430. The molecule has 0 N–H and O–H groups in total. The highest BCUT2D eigenvalue weighted by molar-refractivity contribution is 5.98. The van der Waals surface area contributed by atoms with E-state index in [0.717, 1.165) is 10.5 Å². The Balaban J connectivity index is 1.46. The highest BCUT2D eigenvalue weighted by Gasteiger charge is 2.52. The smallest absolute Gasteiger partial charge is 0.267 e. The third-order valence-corrected chi connectivity index (χ3v) is 5.85. The molecule has 2 aliphatic rings. The van der Waals surface area contributed by atoms with Crippen LogP contribution in [-0.2, 0) is 11.4 Å². The summed E-state index contributed by atoms with van der Waals surface area (Å²) in [5.74, 6) is -3.83. The van der Waals surface area contributed by atoms with E-state index < -0.39 is 42.8 Å². The second kappa shape index (κ2) is 8.95. The van der Waals surface area contributed by atoms with Crippen LogP contribution in [0.15, 0.2) is 54.6 Å². The zero-order valence-corrected chi connectivity index (χ0v) is 17.4. The van der Waals surface area contributed by atoms with E-state index in [2.05, 4.69) is 0 Å². The lowest BCUT2D eigenvalue weighted by molar-refractivity contribution is -0.135. The molecule has 4 rings (SSSR count). The third kappa shape index (κ3) is 4.57. The first-order chi connectivity index (χ1) is 15.4. The van der Waals surface area contributed by atoms with Gasteiger partial charge in [0.2, 0.25) is 5.91 Å². The summed E-state index contributed by atoms with van der Waals surface area (Å²) in [5.41, 5.74) is 1.19. The molecular weight excluding hydrogens is 416 g/mol. The topological polar surface area (TPSA) is 73.6 Å². The quantitative estimate of drug-likeness (QED) is 0.713. The van der Waals surface area contributed by atoms with Gasteiger partial charge in [0.25, 0.3) is 11.8 Å². The van der Waals surface area contributed by atoms with Crippen LogP contribution in [0.2, 0.25) is 0 Å². The molecule has 2 heterocycles. The molecule has 8 heteroatoms. The van der Waals surface area contributed by atoms with Gasteiger partial charge in [-0.25, -0.2) is 8.78 Å². The van der Waals surface area contributed by atoms with Crippen molar-refractivity contribution >= 4 is 11.8 Å². The maximum Gasteiger partial charge on any atom is 0.267 e. The molecule has 0 spiro atoms. The first-order valence-corrected chi connectivity index (χ1v) is 10.5. The van der Waals surface area contributed by atoms with E-state index in [-0.39, 0.29) is 5.56 Å². The van der Waals surface area contributed by atoms with E-state index in [1.54, 1.807) is 12.1 Å². The van der Waals surface area contributed by atoms with Crippen LogP contribution < -0.4 is 4.74 Å². The van der Waals surface area contributed by atoms with Crippen molar-refractivity contribution in [3.63, 3.8) is 0 Å². The number of benzene rings is 2. The number of ether oxygens (including phenoxy) is 1. The molecule has 6 nitrogen and oxygen atoms in total. The van der Waals surface area contributed by atoms with Gasteiger partial charge >= 0.3 is 0 Å². The number of carbonyl (C=O) groups is 2. The Hall–Kier alpha value is -3.47. The predicted molar refractivity (Wildman–Crippen MR) is 112 cm³/mol.